The third kappa shape index (κ3) is 2.77. The van der Waals surface area contributed by atoms with E-state index in [1.807, 2.05) is 5.32 Å². The molecule has 0 saturated carbocycles. The summed E-state index contributed by atoms with van der Waals surface area (Å²) in [4.78, 5) is 10.4. The SMILES string of the molecule is O=C(Nc1cccc(F)c1)C(F)F. The second kappa shape index (κ2) is 3.93. The van der Waals surface area contributed by atoms with Gasteiger partial charge in [0, 0.05) is 5.69 Å². The summed E-state index contributed by atoms with van der Waals surface area (Å²) in [5.41, 5.74) is 0.0188. The Kier molecular flexibility index (Phi) is 2.89. The molecule has 1 amide bonds. The van der Waals surface area contributed by atoms with Crippen LogP contribution in [0.5, 0.6) is 0 Å². The number of hydrogen-bond donors (Lipinski definition) is 1. The van der Waals surface area contributed by atoms with Crippen molar-refractivity contribution in [2.45, 2.75) is 6.43 Å². The van der Waals surface area contributed by atoms with E-state index in [1.54, 1.807) is 0 Å². The van der Waals surface area contributed by atoms with Crippen LogP contribution < -0.4 is 5.32 Å². The van der Waals surface area contributed by atoms with E-state index in [9.17, 15) is 18.0 Å². The highest BCUT2D eigenvalue weighted by molar-refractivity contribution is 5.92. The molecule has 0 heterocycles. The number of nitrogens with one attached hydrogen (secondary N) is 1. The molecule has 1 aromatic carbocycles. The predicted octanol–water partition coefficient (Wildman–Crippen LogP) is 2.03. The fraction of sp³-hybridized carbons (Fsp3) is 0.125. The molecule has 0 spiro atoms. The van der Waals surface area contributed by atoms with Gasteiger partial charge in [-0.3, -0.25) is 4.79 Å². The topological polar surface area (TPSA) is 29.1 Å². The fourth-order valence-electron chi connectivity index (χ4n) is 0.763. The van der Waals surface area contributed by atoms with Crippen LogP contribution in [0.2, 0.25) is 0 Å². The van der Waals surface area contributed by atoms with Crippen molar-refractivity contribution in [1.29, 1.82) is 0 Å². The van der Waals surface area contributed by atoms with E-state index in [0.29, 0.717) is 0 Å². The van der Waals surface area contributed by atoms with Crippen molar-refractivity contribution in [2.24, 2.45) is 0 Å². The minimum absolute atomic E-state index is 0.0188. The number of benzene rings is 1. The first-order valence-electron chi connectivity index (χ1n) is 3.44. The molecule has 0 atom stereocenters. The highest BCUT2D eigenvalue weighted by atomic mass is 19.3. The Morgan fingerprint density at radius 2 is 2.08 bits per heavy atom. The minimum Gasteiger partial charge on any atom is -0.321 e. The zero-order chi connectivity index (χ0) is 9.84. The molecular formula is C8H6F3NO. The van der Waals surface area contributed by atoms with Gasteiger partial charge < -0.3 is 5.32 Å². The average molecular weight is 189 g/mol. The Bertz CT molecular complexity index is 314. The number of rotatable bonds is 2. The van der Waals surface area contributed by atoms with E-state index in [1.165, 1.54) is 12.1 Å². The van der Waals surface area contributed by atoms with Gasteiger partial charge in [-0.1, -0.05) is 6.07 Å². The van der Waals surface area contributed by atoms with Crippen LogP contribution >= 0.6 is 0 Å². The number of carbonyl (C=O) groups is 1. The van der Waals surface area contributed by atoms with Crippen LogP contribution in [0.4, 0.5) is 18.9 Å². The van der Waals surface area contributed by atoms with Crippen LogP contribution in [0.15, 0.2) is 24.3 Å². The van der Waals surface area contributed by atoms with Crippen molar-refractivity contribution in [3.63, 3.8) is 0 Å². The number of amides is 1. The molecule has 0 aliphatic rings. The lowest BCUT2D eigenvalue weighted by Gasteiger charge is -2.03. The molecule has 5 heteroatoms. The summed E-state index contributed by atoms with van der Waals surface area (Å²) in [7, 11) is 0. The predicted molar refractivity (Wildman–Crippen MR) is 41.0 cm³/mol. The lowest BCUT2D eigenvalue weighted by molar-refractivity contribution is -0.126. The second-order valence-electron chi connectivity index (χ2n) is 2.30. The maximum Gasteiger partial charge on any atom is 0.315 e. The zero-order valence-electron chi connectivity index (χ0n) is 6.43. The molecule has 0 aliphatic heterocycles. The van der Waals surface area contributed by atoms with Crippen LogP contribution in [0, 0.1) is 5.82 Å². The largest absolute Gasteiger partial charge is 0.321 e. The third-order valence-electron chi connectivity index (χ3n) is 1.29. The highest BCUT2D eigenvalue weighted by Gasteiger charge is 2.14. The molecule has 0 unspecified atom stereocenters. The van der Waals surface area contributed by atoms with Crippen LogP contribution in [-0.4, -0.2) is 12.3 Å². The number of hydrogen-bond acceptors (Lipinski definition) is 1. The normalized spacial score (nSPS) is 10.2. The zero-order valence-corrected chi connectivity index (χ0v) is 6.43. The highest BCUT2D eigenvalue weighted by Crippen LogP contribution is 2.09. The van der Waals surface area contributed by atoms with Crippen LogP contribution in [-0.2, 0) is 4.79 Å². The fourth-order valence-corrected chi connectivity index (χ4v) is 0.763. The van der Waals surface area contributed by atoms with Gasteiger partial charge in [-0.05, 0) is 18.2 Å². The monoisotopic (exact) mass is 189 g/mol. The number of alkyl halides is 2. The lowest BCUT2D eigenvalue weighted by atomic mass is 10.3. The smallest absolute Gasteiger partial charge is 0.315 e. The van der Waals surface area contributed by atoms with Gasteiger partial charge in [0.1, 0.15) is 5.82 Å². The van der Waals surface area contributed by atoms with Gasteiger partial charge >= 0.3 is 6.43 Å². The average Bonchev–Trinajstić information content (AvgIpc) is 2.04. The van der Waals surface area contributed by atoms with Gasteiger partial charge in [-0.15, -0.1) is 0 Å². The number of carbonyl (C=O) groups excluding carboxylic acids is 1. The maximum absolute atomic E-state index is 12.5. The first-order valence-corrected chi connectivity index (χ1v) is 3.44. The van der Waals surface area contributed by atoms with Crippen molar-refractivity contribution in [2.75, 3.05) is 5.32 Å². The molecule has 0 bridgehead atoms. The van der Waals surface area contributed by atoms with Gasteiger partial charge in [-0.25, -0.2) is 4.39 Å². The van der Waals surface area contributed by atoms with E-state index in [0.717, 1.165) is 12.1 Å². The Hall–Kier alpha value is -1.52. The lowest BCUT2D eigenvalue weighted by Crippen LogP contribution is -2.19. The van der Waals surface area contributed by atoms with Crippen molar-refractivity contribution >= 4 is 11.6 Å². The maximum atomic E-state index is 12.5. The molecule has 0 aliphatic carbocycles. The van der Waals surface area contributed by atoms with Crippen molar-refractivity contribution in [1.82, 2.24) is 0 Å². The molecule has 0 fully saturated rings. The van der Waals surface area contributed by atoms with Gasteiger partial charge in [-0.2, -0.15) is 8.78 Å². The first kappa shape index (κ1) is 9.57. The summed E-state index contributed by atoms with van der Waals surface area (Å²) in [6, 6.07) is 4.75. The van der Waals surface area contributed by atoms with Gasteiger partial charge in [0.25, 0.3) is 5.91 Å². The third-order valence-corrected chi connectivity index (χ3v) is 1.29. The van der Waals surface area contributed by atoms with Crippen LogP contribution in [0.25, 0.3) is 0 Å². The van der Waals surface area contributed by atoms with E-state index in [4.69, 9.17) is 0 Å². The molecular weight excluding hydrogens is 183 g/mol. The van der Waals surface area contributed by atoms with Crippen molar-refractivity contribution in [3.05, 3.63) is 30.1 Å². The molecule has 1 aromatic rings. The Labute approximate surface area is 72.4 Å². The molecule has 13 heavy (non-hydrogen) atoms. The van der Waals surface area contributed by atoms with E-state index in [2.05, 4.69) is 0 Å². The van der Waals surface area contributed by atoms with Crippen molar-refractivity contribution in [3.8, 4) is 0 Å². The molecule has 0 aromatic heterocycles. The Balaban J connectivity index is 2.69. The second-order valence-corrected chi connectivity index (χ2v) is 2.30. The summed E-state index contributed by atoms with van der Waals surface area (Å²) >= 11 is 0. The van der Waals surface area contributed by atoms with Gasteiger partial charge in [0.05, 0.1) is 0 Å². The van der Waals surface area contributed by atoms with E-state index >= 15 is 0 Å². The minimum atomic E-state index is -3.09. The van der Waals surface area contributed by atoms with E-state index in [-0.39, 0.29) is 5.69 Å². The summed E-state index contributed by atoms with van der Waals surface area (Å²) < 4.78 is 35.9. The summed E-state index contributed by atoms with van der Waals surface area (Å²) in [5, 5.41) is 1.85. The van der Waals surface area contributed by atoms with Crippen LogP contribution in [0.1, 0.15) is 0 Å². The number of anilines is 1. The molecule has 1 rings (SSSR count). The molecule has 0 radical (unpaired) electrons. The first-order chi connectivity index (χ1) is 6.09. The quantitative estimate of drug-likeness (QED) is 0.757. The summed E-state index contributed by atoms with van der Waals surface area (Å²) in [6.45, 7) is 0. The van der Waals surface area contributed by atoms with E-state index < -0.39 is 18.1 Å². The molecule has 70 valence electrons. The molecule has 0 saturated heterocycles. The molecule has 1 N–H and O–H groups in total. The Morgan fingerprint density at radius 3 is 2.62 bits per heavy atom. The Morgan fingerprint density at radius 1 is 1.38 bits per heavy atom. The van der Waals surface area contributed by atoms with Gasteiger partial charge in [0.2, 0.25) is 0 Å². The van der Waals surface area contributed by atoms with Gasteiger partial charge in [0.15, 0.2) is 0 Å². The summed E-state index contributed by atoms with van der Waals surface area (Å²) in [6.07, 6.45) is -3.09. The van der Waals surface area contributed by atoms with Crippen LogP contribution in [0.3, 0.4) is 0 Å². The molecule has 2 nitrogen and oxygen atoms in total. The summed E-state index contributed by atoms with van der Waals surface area (Å²) in [5.74, 6) is -2.03. The standard InChI is InChI=1S/C8H6F3NO/c9-5-2-1-3-6(4-5)12-8(13)7(10)11/h1-4,7H,(H,12,13). The number of halogens is 3. The van der Waals surface area contributed by atoms with Crippen molar-refractivity contribution < 1.29 is 18.0 Å².